The molecule has 1 heterocycles. The van der Waals surface area contributed by atoms with Gasteiger partial charge in [-0.05, 0) is 44.9 Å². The van der Waals surface area contributed by atoms with Crippen LogP contribution in [0, 0.1) is 20.8 Å². The zero-order valence-corrected chi connectivity index (χ0v) is 17.6. The molecule has 0 bridgehead atoms. The fourth-order valence-corrected chi connectivity index (χ4v) is 3.14. The van der Waals surface area contributed by atoms with Crippen LogP contribution in [0.2, 0.25) is 0 Å². The zero-order chi connectivity index (χ0) is 21.0. The number of amides is 1. The van der Waals surface area contributed by atoms with E-state index in [0.717, 1.165) is 28.0 Å². The number of nitrogens with zero attached hydrogens (tertiary/aromatic N) is 3. The van der Waals surface area contributed by atoms with E-state index in [2.05, 4.69) is 10.1 Å². The number of carbonyl (C=O) groups excluding carboxylic acids is 1. The standard InChI is InChI=1S/C23H27N3O3/c1-6-19(28-20-11-10-16(3)12-17(20)4)23(27)26(5)14-21-24-22(25-29-21)18-9-7-8-15(2)13-18/h7-13,19H,6,14H2,1-5H3. The Bertz CT molecular complexity index is 997. The zero-order valence-electron chi connectivity index (χ0n) is 17.6. The molecule has 3 rings (SSSR count). The van der Waals surface area contributed by atoms with Gasteiger partial charge in [-0.15, -0.1) is 0 Å². The van der Waals surface area contributed by atoms with Gasteiger partial charge in [0.15, 0.2) is 6.10 Å². The number of aromatic nitrogens is 2. The van der Waals surface area contributed by atoms with E-state index in [9.17, 15) is 4.79 Å². The van der Waals surface area contributed by atoms with Crippen LogP contribution in [-0.4, -0.2) is 34.1 Å². The van der Waals surface area contributed by atoms with Gasteiger partial charge >= 0.3 is 0 Å². The SMILES string of the molecule is CCC(Oc1ccc(C)cc1C)C(=O)N(C)Cc1nc(-c2cccc(C)c2)no1. The lowest BCUT2D eigenvalue weighted by atomic mass is 10.1. The summed E-state index contributed by atoms with van der Waals surface area (Å²) < 4.78 is 11.3. The Labute approximate surface area is 171 Å². The molecule has 152 valence electrons. The second-order valence-corrected chi connectivity index (χ2v) is 7.36. The molecule has 2 aromatic carbocycles. The third kappa shape index (κ3) is 5.02. The molecule has 0 radical (unpaired) electrons. The van der Waals surface area contributed by atoms with Crippen molar-refractivity contribution in [3.63, 3.8) is 0 Å². The molecule has 0 saturated carbocycles. The third-order valence-corrected chi connectivity index (χ3v) is 4.74. The molecule has 6 heteroatoms. The summed E-state index contributed by atoms with van der Waals surface area (Å²) in [5, 5.41) is 4.04. The van der Waals surface area contributed by atoms with Crippen LogP contribution in [0.15, 0.2) is 47.0 Å². The highest BCUT2D eigenvalue weighted by molar-refractivity contribution is 5.81. The fourth-order valence-electron chi connectivity index (χ4n) is 3.14. The van der Waals surface area contributed by atoms with E-state index in [0.29, 0.717) is 18.1 Å². The van der Waals surface area contributed by atoms with E-state index < -0.39 is 6.10 Å². The van der Waals surface area contributed by atoms with E-state index in [1.165, 1.54) is 0 Å². The minimum absolute atomic E-state index is 0.122. The monoisotopic (exact) mass is 393 g/mol. The molecule has 3 aromatic rings. The summed E-state index contributed by atoms with van der Waals surface area (Å²) in [6.07, 6.45) is -0.00457. The Kier molecular flexibility index (Phi) is 6.32. The van der Waals surface area contributed by atoms with Crippen molar-refractivity contribution in [3.8, 4) is 17.1 Å². The van der Waals surface area contributed by atoms with Crippen LogP contribution >= 0.6 is 0 Å². The van der Waals surface area contributed by atoms with Crippen molar-refractivity contribution in [2.45, 2.75) is 46.8 Å². The van der Waals surface area contributed by atoms with Gasteiger partial charge in [0.1, 0.15) is 5.75 Å². The molecule has 1 aromatic heterocycles. The average molecular weight is 393 g/mol. The van der Waals surface area contributed by atoms with Crippen molar-refractivity contribution in [2.75, 3.05) is 7.05 Å². The molecule has 0 saturated heterocycles. The number of hydrogen-bond donors (Lipinski definition) is 0. The van der Waals surface area contributed by atoms with Crippen molar-refractivity contribution < 1.29 is 14.1 Å². The summed E-state index contributed by atoms with van der Waals surface area (Å²) in [7, 11) is 1.72. The number of carbonyl (C=O) groups is 1. The van der Waals surface area contributed by atoms with Gasteiger partial charge in [-0.1, -0.05) is 53.5 Å². The Morgan fingerprint density at radius 3 is 2.59 bits per heavy atom. The molecule has 0 N–H and O–H groups in total. The van der Waals surface area contributed by atoms with Gasteiger partial charge in [0.05, 0.1) is 6.54 Å². The van der Waals surface area contributed by atoms with Gasteiger partial charge in [0.25, 0.3) is 5.91 Å². The van der Waals surface area contributed by atoms with Crippen LogP contribution in [0.4, 0.5) is 0 Å². The predicted octanol–water partition coefficient (Wildman–Crippen LogP) is 4.48. The number of ether oxygens (including phenoxy) is 1. The van der Waals surface area contributed by atoms with Gasteiger partial charge < -0.3 is 14.2 Å². The van der Waals surface area contributed by atoms with Gasteiger partial charge in [-0.2, -0.15) is 4.98 Å². The molecular weight excluding hydrogens is 366 g/mol. The van der Waals surface area contributed by atoms with Gasteiger partial charge in [-0.25, -0.2) is 0 Å². The van der Waals surface area contributed by atoms with Crippen LogP contribution in [0.3, 0.4) is 0 Å². The Balaban J connectivity index is 1.67. The highest BCUT2D eigenvalue weighted by Gasteiger charge is 2.24. The van der Waals surface area contributed by atoms with Gasteiger partial charge in [0, 0.05) is 12.6 Å². The largest absolute Gasteiger partial charge is 0.480 e. The summed E-state index contributed by atoms with van der Waals surface area (Å²) in [6, 6.07) is 13.8. The average Bonchev–Trinajstić information content (AvgIpc) is 3.15. The molecule has 1 atom stereocenters. The lowest BCUT2D eigenvalue weighted by Crippen LogP contribution is -2.39. The van der Waals surface area contributed by atoms with E-state index in [1.54, 1.807) is 11.9 Å². The highest BCUT2D eigenvalue weighted by Crippen LogP contribution is 2.22. The molecule has 1 amide bonds. The first-order chi connectivity index (χ1) is 13.9. The van der Waals surface area contributed by atoms with Crippen molar-refractivity contribution in [3.05, 3.63) is 65.0 Å². The highest BCUT2D eigenvalue weighted by atomic mass is 16.5. The summed E-state index contributed by atoms with van der Waals surface area (Å²) in [5.74, 6) is 1.51. The molecule has 29 heavy (non-hydrogen) atoms. The van der Waals surface area contributed by atoms with Crippen LogP contribution < -0.4 is 4.74 Å². The van der Waals surface area contributed by atoms with E-state index in [1.807, 2.05) is 70.2 Å². The van der Waals surface area contributed by atoms with E-state index in [-0.39, 0.29) is 12.5 Å². The maximum atomic E-state index is 12.9. The molecular formula is C23H27N3O3. The Morgan fingerprint density at radius 2 is 1.90 bits per heavy atom. The minimum atomic E-state index is -0.569. The summed E-state index contributed by atoms with van der Waals surface area (Å²) in [6.45, 7) is 8.18. The lowest BCUT2D eigenvalue weighted by Gasteiger charge is -2.23. The summed E-state index contributed by atoms with van der Waals surface area (Å²) >= 11 is 0. The molecule has 0 fully saturated rings. The smallest absolute Gasteiger partial charge is 0.263 e. The molecule has 0 aliphatic rings. The van der Waals surface area contributed by atoms with E-state index >= 15 is 0 Å². The van der Waals surface area contributed by atoms with Crippen LogP contribution in [-0.2, 0) is 11.3 Å². The van der Waals surface area contributed by atoms with Crippen molar-refractivity contribution in [2.24, 2.45) is 0 Å². The van der Waals surface area contributed by atoms with Crippen molar-refractivity contribution in [1.82, 2.24) is 15.0 Å². The van der Waals surface area contributed by atoms with Gasteiger partial charge in [-0.3, -0.25) is 4.79 Å². The Morgan fingerprint density at radius 1 is 1.14 bits per heavy atom. The second-order valence-electron chi connectivity index (χ2n) is 7.36. The quantitative estimate of drug-likeness (QED) is 0.592. The first kappa shape index (κ1) is 20.6. The van der Waals surface area contributed by atoms with Crippen molar-refractivity contribution >= 4 is 5.91 Å². The second kappa shape index (κ2) is 8.90. The maximum Gasteiger partial charge on any atom is 0.263 e. The number of aryl methyl sites for hydroxylation is 3. The molecule has 0 aliphatic carbocycles. The maximum absolute atomic E-state index is 12.9. The van der Waals surface area contributed by atoms with Crippen LogP contribution in [0.1, 0.15) is 35.9 Å². The normalized spacial score (nSPS) is 11.9. The predicted molar refractivity (Wildman–Crippen MR) is 112 cm³/mol. The van der Waals surface area contributed by atoms with E-state index in [4.69, 9.17) is 9.26 Å². The van der Waals surface area contributed by atoms with Gasteiger partial charge in [0.2, 0.25) is 11.7 Å². The first-order valence-electron chi connectivity index (χ1n) is 9.76. The fraction of sp³-hybridized carbons (Fsp3) is 0.348. The number of rotatable bonds is 7. The number of hydrogen-bond acceptors (Lipinski definition) is 5. The lowest BCUT2D eigenvalue weighted by molar-refractivity contribution is -0.138. The topological polar surface area (TPSA) is 68.5 Å². The third-order valence-electron chi connectivity index (χ3n) is 4.74. The summed E-state index contributed by atoms with van der Waals surface area (Å²) in [5.41, 5.74) is 4.18. The molecule has 1 unspecified atom stereocenters. The van der Waals surface area contributed by atoms with Crippen LogP contribution in [0.25, 0.3) is 11.4 Å². The first-order valence-corrected chi connectivity index (χ1v) is 9.76. The Hall–Kier alpha value is -3.15. The van der Waals surface area contributed by atoms with Crippen molar-refractivity contribution in [1.29, 1.82) is 0 Å². The minimum Gasteiger partial charge on any atom is -0.480 e. The number of likely N-dealkylation sites (N-methyl/N-ethyl adjacent to an activating group) is 1. The molecule has 6 nitrogen and oxygen atoms in total. The molecule has 0 aliphatic heterocycles. The molecule has 0 spiro atoms. The number of benzene rings is 2. The van der Waals surface area contributed by atoms with Crippen LogP contribution in [0.5, 0.6) is 5.75 Å². The summed E-state index contributed by atoms with van der Waals surface area (Å²) in [4.78, 5) is 18.9.